The Morgan fingerprint density at radius 2 is 2.18 bits per heavy atom. The van der Waals surface area contributed by atoms with Gasteiger partial charge in [0.05, 0.1) is 0 Å². The highest BCUT2D eigenvalue weighted by Crippen LogP contribution is 2.44. The van der Waals surface area contributed by atoms with Crippen molar-refractivity contribution in [2.45, 2.75) is 56.7 Å². The van der Waals surface area contributed by atoms with Gasteiger partial charge in [0, 0.05) is 24.0 Å². The van der Waals surface area contributed by atoms with Crippen LogP contribution in [0, 0.1) is 5.92 Å². The summed E-state index contributed by atoms with van der Waals surface area (Å²) in [5.41, 5.74) is 0. The summed E-state index contributed by atoms with van der Waals surface area (Å²) in [5, 5.41) is 3.85. The van der Waals surface area contributed by atoms with Gasteiger partial charge in [-0.05, 0) is 57.2 Å². The Bertz CT molecular complexity index is 222. The number of ether oxygens (including phenoxy) is 1. The Kier molecular flexibility index (Phi) is 5.19. The molecule has 2 fully saturated rings. The molecule has 0 bridgehead atoms. The fraction of sp³-hybridized carbons (Fsp3) is 1.00. The third kappa shape index (κ3) is 3.39. The van der Waals surface area contributed by atoms with Crippen molar-refractivity contribution in [1.82, 2.24) is 5.32 Å². The van der Waals surface area contributed by atoms with Crippen LogP contribution < -0.4 is 5.32 Å². The molecule has 0 aliphatic carbocycles. The van der Waals surface area contributed by atoms with Crippen LogP contribution in [0.3, 0.4) is 0 Å². The quantitative estimate of drug-likeness (QED) is 0.818. The Morgan fingerprint density at radius 1 is 1.41 bits per heavy atom. The predicted molar refractivity (Wildman–Crippen MR) is 75.7 cm³/mol. The monoisotopic (exact) mass is 257 g/mol. The molecule has 17 heavy (non-hydrogen) atoms. The summed E-state index contributed by atoms with van der Waals surface area (Å²) in [5.74, 6) is 2.18. The molecule has 0 radical (unpaired) electrons. The molecule has 2 saturated heterocycles. The van der Waals surface area contributed by atoms with Crippen molar-refractivity contribution in [2.75, 3.05) is 25.5 Å². The van der Waals surface area contributed by atoms with Crippen molar-refractivity contribution in [1.29, 1.82) is 0 Å². The summed E-state index contributed by atoms with van der Waals surface area (Å²) >= 11 is 2.19. The van der Waals surface area contributed by atoms with Gasteiger partial charge in [-0.3, -0.25) is 0 Å². The largest absolute Gasteiger partial charge is 0.381 e. The fourth-order valence-electron chi connectivity index (χ4n) is 3.28. The van der Waals surface area contributed by atoms with Crippen LogP contribution in [0.5, 0.6) is 0 Å². The van der Waals surface area contributed by atoms with E-state index in [0.717, 1.165) is 25.7 Å². The molecule has 100 valence electrons. The van der Waals surface area contributed by atoms with E-state index < -0.39 is 0 Å². The van der Waals surface area contributed by atoms with E-state index >= 15 is 0 Å². The van der Waals surface area contributed by atoms with Crippen molar-refractivity contribution >= 4 is 11.8 Å². The second-order valence-corrected chi connectivity index (χ2v) is 7.28. The van der Waals surface area contributed by atoms with Gasteiger partial charge < -0.3 is 10.1 Å². The minimum Gasteiger partial charge on any atom is -0.381 e. The lowest BCUT2D eigenvalue weighted by Crippen LogP contribution is -2.51. The highest BCUT2D eigenvalue weighted by molar-refractivity contribution is 8.00. The van der Waals surface area contributed by atoms with Gasteiger partial charge in [0.2, 0.25) is 0 Å². The van der Waals surface area contributed by atoms with Gasteiger partial charge in [-0.15, -0.1) is 0 Å². The average molecular weight is 257 g/mol. The van der Waals surface area contributed by atoms with Crippen LogP contribution in [0.25, 0.3) is 0 Å². The molecule has 0 aromatic heterocycles. The highest BCUT2D eigenvalue weighted by atomic mass is 32.2. The molecule has 0 spiro atoms. The van der Waals surface area contributed by atoms with Gasteiger partial charge in [-0.1, -0.05) is 6.92 Å². The molecule has 2 rings (SSSR count). The smallest absolute Gasteiger partial charge is 0.0469 e. The lowest BCUT2D eigenvalue weighted by Gasteiger charge is -2.41. The van der Waals surface area contributed by atoms with E-state index in [1.807, 2.05) is 0 Å². The van der Waals surface area contributed by atoms with Crippen LogP contribution in [0.15, 0.2) is 0 Å². The first-order valence-electron chi connectivity index (χ1n) is 7.21. The second-order valence-electron chi connectivity index (χ2n) is 5.65. The van der Waals surface area contributed by atoms with Crippen molar-refractivity contribution in [3.05, 3.63) is 0 Å². The molecule has 2 atom stereocenters. The van der Waals surface area contributed by atoms with E-state index in [2.05, 4.69) is 30.9 Å². The van der Waals surface area contributed by atoms with Crippen LogP contribution in [-0.2, 0) is 4.74 Å². The topological polar surface area (TPSA) is 21.3 Å². The Labute approximate surface area is 110 Å². The maximum atomic E-state index is 5.52. The molecule has 1 N–H and O–H groups in total. The minimum atomic E-state index is 0.469. The van der Waals surface area contributed by atoms with Gasteiger partial charge in [0.25, 0.3) is 0 Å². The van der Waals surface area contributed by atoms with Gasteiger partial charge >= 0.3 is 0 Å². The van der Waals surface area contributed by atoms with E-state index in [9.17, 15) is 0 Å². The molecular weight excluding hydrogens is 230 g/mol. The third-order valence-electron chi connectivity index (χ3n) is 4.26. The SMILES string of the molecule is CCCNC(C1CCOCC1)C1(C)CCCS1. The standard InChI is InChI=1S/C14H27NOS/c1-3-8-15-13(12-5-9-16-10-6-12)14(2)7-4-11-17-14/h12-13,15H,3-11H2,1-2H3. The molecule has 0 amide bonds. The maximum absolute atomic E-state index is 5.52. The first-order chi connectivity index (χ1) is 8.26. The second kappa shape index (κ2) is 6.44. The molecule has 2 aliphatic heterocycles. The lowest BCUT2D eigenvalue weighted by molar-refractivity contribution is 0.0486. The third-order valence-corrected chi connectivity index (χ3v) is 5.87. The van der Waals surface area contributed by atoms with Crippen molar-refractivity contribution in [2.24, 2.45) is 5.92 Å². The zero-order valence-electron chi connectivity index (χ0n) is 11.3. The van der Waals surface area contributed by atoms with E-state index in [4.69, 9.17) is 4.74 Å². The van der Waals surface area contributed by atoms with Crippen molar-refractivity contribution in [3.63, 3.8) is 0 Å². The average Bonchev–Trinajstić information content (AvgIpc) is 2.79. The summed E-state index contributed by atoms with van der Waals surface area (Å²) in [7, 11) is 0. The fourth-order valence-corrected chi connectivity index (χ4v) is 4.78. The Hall–Kier alpha value is 0.270. The zero-order valence-corrected chi connectivity index (χ0v) is 12.2. The number of rotatable bonds is 5. The molecule has 2 nitrogen and oxygen atoms in total. The molecule has 2 unspecified atom stereocenters. The highest BCUT2D eigenvalue weighted by Gasteiger charge is 2.41. The normalized spacial score (nSPS) is 32.8. The van der Waals surface area contributed by atoms with Crippen LogP contribution in [0.4, 0.5) is 0 Å². The molecule has 2 aliphatic rings. The number of hydrogen-bond donors (Lipinski definition) is 1. The van der Waals surface area contributed by atoms with E-state index in [1.54, 1.807) is 0 Å². The Morgan fingerprint density at radius 3 is 2.76 bits per heavy atom. The molecule has 0 saturated carbocycles. The maximum Gasteiger partial charge on any atom is 0.0469 e. The molecule has 2 heterocycles. The summed E-state index contributed by atoms with van der Waals surface area (Å²) in [6.45, 7) is 7.84. The van der Waals surface area contributed by atoms with E-state index in [-0.39, 0.29) is 0 Å². The van der Waals surface area contributed by atoms with Crippen molar-refractivity contribution < 1.29 is 4.74 Å². The van der Waals surface area contributed by atoms with Crippen LogP contribution in [-0.4, -0.2) is 36.3 Å². The summed E-state index contributed by atoms with van der Waals surface area (Å²) in [6.07, 6.45) is 6.51. The summed E-state index contributed by atoms with van der Waals surface area (Å²) in [6, 6.07) is 0.693. The number of hydrogen-bond acceptors (Lipinski definition) is 3. The zero-order chi connectivity index (χ0) is 12.1. The van der Waals surface area contributed by atoms with Crippen LogP contribution in [0.2, 0.25) is 0 Å². The van der Waals surface area contributed by atoms with Gasteiger partial charge in [-0.2, -0.15) is 11.8 Å². The van der Waals surface area contributed by atoms with Gasteiger partial charge in [0.15, 0.2) is 0 Å². The predicted octanol–water partition coefficient (Wildman–Crippen LogP) is 3.07. The Balaban J connectivity index is 2.00. The molecular formula is C14H27NOS. The van der Waals surface area contributed by atoms with Crippen LogP contribution in [0.1, 0.15) is 46.0 Å². The van der Waals surface area contributed by atoms with Crippen LogP contribution >= 0.6 is 11.8 Å². The lowest BCUT2D eigenvalue weighted by atomic mass is 9.81. The number of nitrogens with one attached hydrogen (secondary N) is 1. The van der Waals surface area contributed by atoms with Crippen molar-refractivity contribution in [3.8, 4) is 0 Å². The summed E-state index contributed by atoms with van der Waals surface area (Å²) < 4.78 is 5.98. The summed E-state index contributed by atoms with van der Waals surface area (Å²) in [4.78, 5) is 0. The van der Waals surface area contributed by atoms with E-state index in [0.29, 0.717) is 10.8 Å². The number of thioether (sulfide) groups is 1. The van der Waals surface area contributed by atoms with E-state index in [1.165, 1.54) is 37.9 Å². The molecule has 0 aromatic rings. The van der Waals surface area contributed by atoms with Gasteiger partial charge in [-0.25, -0.2) is 0 Å². The molecule has 3 heteroatoms. The van der Waals surface area contributed by atoms with Gasteiger partial charge in [0.1, 0.15) is 0 Å². The molecule has 0 aromatic carbocycles. The minimum absolute atomic E-state index is 0.469. The first-order valence-corrected chi connectivity index (χ1v) is 8.20. The first kappa shape index (κ1) is 13.7.